The van der Waals surface area contributed by atoms with E-state index >= 15 is 0 Å². The number of hydrogen-bond acceptors (Lipinski definition) is 2. The number of nitrogens with zero attached hydrogens (tertiary/aromatic N) is 1. The van der Waals surface area contributed by atoms with Gasteiger partial charge in [0.2, 0.25) is 0 Å². The Morgan fingerprint density at radius 3 is 2.48 bits per heavy atom. The maximum Gasteiger partial charge on any atom is 0.335 e. The zero-order valence-corrected chi connectivity index (χ0v) is 12.5. The highest BCUT2D eigenvalue weighted by molar-refractivity contribution is 5.91. The number of aromatic carboxylic acids is 1. The van der Waals surface area contributed by atoms with E-state index < -0.39 is 5.97 Å². The second-order valence-corrected chi connectivity index (χ2v) is 5.85. The van der Waals surface area contributed by atoms with E-state index in [0.717, 1.165) is 19.3 Å². The van der Waals surface area contributed by atoms with E-state index in [9.17, 15) is 9.59 Å². The number of amides is 2. The Labute approximate surface area is 125 Å². The molecule has 21 heavy (non-hydrogen) atoms. The van der Waals surface area contributed by atoms with Crippen molar-refractivity contribution in [2.75, 3.05) is 12.4 Å². The molecule has 2 rings (SSSR count). The SMILES string of the molecule is CC1CCCC(N(C)C(=O)Nc2ccc(C(=O)O)cc2)C1. The summed E-state index contributed by atoms with van der Waals surface area (Å²) in [6.07, 6.45) is 4.49. The van der Waals surface area contributed by atoms with E-state index in [4.69, 9.17) is 5.11 Å². The van der Waals surface area contributed by atoms with Crippen LogP contribution in [0, 0.1) is 5.92 Å². The van der Waals surface area contributed by atoms with Crippen molar-refractivity contribution in [3.63, 3.8) is 0 Å². The minimum Gasteiger partial charge on any atom is -0.478 e. The van der Waals surface area contributed by atoms with Crippen molar-refractivity contribution < 1.29 is 14.7 Å². The number of hydrogen-bond donors (Lipinski definition) is 2. The summed E-state index contributed by atoms with van der Waals surface area (Å²) in [7, 11) is 1.82. The molecule has 5 nitrogen and oxygen atoms in total. The average molecular weight is 290 g/mol. The van der Waals surface area contributed by atoms with E-state index in [1.807, 2.05) is 7.05 Å². The average Bonchev–Trinajstić information content (AvgIpc) is 2.47. The van der Waals surface area contributed by atoms with Crippen LogP contribution < -0.4 is 5.32 Å². The second-order valence-electron chi connectivity index (χ2n) is 5.85. The van der Waals surface area contributed by atoms with Crippen molar-refractivity contribution in [2.45, 2.75) is 38.6 Å². The highest BCUT2D eigenvalue weighted by atomic mass is 16.4. The number of carbonyl (C=O) groups is 2. The van der Waals surface area contributed by atoms with Crippen LogP contribution in [0.3, 0.4) is 0 Å². The largest absolute Gasteiger partial charge is 0.478 e. The van der Waals surface area contributed by atoms with Crippen LogP contribution in [0.15, 0.2) is 24.3 Å². The number of benzene rings is 1. The van der Waals surface area contributed by atoms with Crippen molar-refractivity contribution in [3.05, 3.63) is 29.8 Å². The Balaban J connectivity index is 1.95. The first-order valence-electron chi connectivity index (χ1n) is 7.34. The Kier molecular flexibility index (Phi) is 4.83. The zero-order valence-electron chi connectivity index (χ0n) is 12.5. The third-order valence-electron chi connectivity index (χ3n) is 4.16. The molecule has 2 N–H and O–H groups in total. The van der Waals surface area contributed by atoms with Crippen LogP contribution in [0.1, 0.15) is 43.0 Å². The van der Waals surface area contributed by atoms with Gasteiger partial charge >= 0.3 is 12.0 Å². The Morgan fingerprint density at radius 1 is 1.24 bits per heavy atom. The molecule has 1 saturated carbocycles. The second kappa shape index (κ2) is 6.61. The van der Waals surface area contributed by atoms with Gasteiger partial charge in [-0.05, 0) is 43.0 Å². The van der Waals surface area contributed by atoms with Crippen molar-refractivity contribution in [1.29, 1.82) is 0 Å². The number of rotatable bonds is 3. The summed E-state index contributed by atoms with van der Waals surface area (Å²) < 4.78 is 0. The van der Waals surface area contributed by atoms with Crippen LogP contribution in [0.25, 0.3) is 0 Å². The third-order valence-corrected chi connectivity index (χ3v) is 4.16. The highest BCUT2D eigenvalue weighted by Gasteiger charge is 2.25. The van der Waals surface area contributed by atoms with Crippen molar-refractivity contribution in [2.24, 2.45) is 5.92 Å². The van der Waals surface area contributed by atoms with Crippen LogP contribution >= 0.6 is 0 Å². The normalized spacial score (nSPS) is 21.6. The van der Waals surface area contributed by atoms with Gasteiger partial charge in [0.05, 0.1) is 5.56 Å². The molecule has 1 fully saturated rings. The van der Waals surface area contributed by atoms with Gasteiger partial charge in [0, 0.05) is 18.8 Å². The number of urea groups is 1. The van der Waals surface area contributed by atoms with Crippen molar-refractivity contribution >= 4 is 17.7 Å². The first kappa shape index (κ1) is 15.4. The van der Waals surface area contributed by atoms with Gasteiger partial charge in [-0.25, -0.2) is 9.59 Å². The molecule has 114 valence electrons. The predicted molar refractivity (Wildman–Crippen MR) is 81.6 cm³/mol. The number of carboxylic acids is 1. The van der Waals surface area contributed by atoms with Gasteiger partial charge < -0.3 is 15.3 Å². The van der Waals surface area contributed by atoms with Gasteiger partial charge in [-0.15, -0.1) is 0 Å². The molecule has 2 amide bonds. The summed E-state index contributed by atoms with van der Waals surface area (Å²) in [5.41, 5.74) is 0.822. The summed E-state index contributed by atoms with van der Waals surface area (Å²) in [4.78, 5) is 24.8. The quantitative estimate of drug-likeness (QED) is 0.896. The molecular weight excluding hydrogens is 268 g/mol. The maximum absolute atomic E-state index is 12.2. The predicted octanol–water partition coefficient (Wildman–Crippen LogP) is 3.43. The summed E-state index contributed by atoms with van der Waals surface area (Å²) >= 11 is 0. The molecule has 2 atom stereocenters. The topological polar surface area (TPSA) is 69.6 Å². The van der Waals surface area contributed by atoms with Crippen LogP contribution in [0.2, 0.25) is 0 Å². The van der Waals surface area contributed by atoms with E-state index in [1.54, 1.807) is 17.0 Å². The first-order valence-corrected chi connectivity index (χ1v) is 7.34. The van der Waals surface area contributed by atoms with Crippen molar-refractivity contribution in [3.8, 4) is 0 Å². The third kappa shape index (κ3) is 3.97. The number of carbonyl (C=O) groups excluding carboxylic acids is 1. The van der Waals surface area contributed by atoms with Crippen LogP contribution in [-0.2, 0) is 0 Å². The number of anilines is 1. The zero-order chi connectivity index (χ0) is 15.4. The molecule has 1 aromatic rings. The lowest BCUT2D eigenvalue weighted by molar-refractivity contribution is 0.0697. The van der Waals surface area contributed by atoms with Crippen molar-refractivity contribution in [1.82, 2.24) is 4.90 Å². The van der Waals surface area contributed by atoms with E-state index in [2.05, 4.69) is 12.2 Å². The standard InChI is InChI=1S/C16H22N2O3/c1-11-4-3-5-14(10-11)18(2)16(21)17-13-8-6-12(7-9-13)15(19)20/h6-9,11,14H,3-5,10H2,1-2H3,(H,17,21)(H,19,20). The summed E-state index contributed by atoms with van der Waals surface area (Å²) in [5.74, 6) is -0.310. The molecule has 2 unspecified atom stereocenters. The van der Waals surface area contributed by atoms with Gasteiger partial charge in [0.1, 0.15) is 0 Å². The number of carboxylic acid groups (broad SMARTS) is 1. The lowest BCUT2D eigenvalue weighted by Crippen LogP contribution is -2.42. The van der Waals surface area contributed by atoms with Gasteiger partial charge in [-0.1, -0.05) is 19.8 Å². The highest BCUT2D eigenvalue weighted by Crippen LogP contribution is 2.27. The van der Waals surface area contributed by atoms with E-state index in [1.165, 1.54) is 18.6 Å². The lowest BCUT2D eigenvalue weighted by Gasteiger charge is -2.34. The molecule has 1 aromatic carbocycles. The lowest BCUT2D eigenvalue weighted by atomic mass is 9.86. The van der Waals surface area contributed by atoms with Gasteiger partial charge in [-0.3, -0.25) is 0 Å². The fraction of sp³-hybridized carbons (Fsp3) is 0.500. The minimum atomic E-state index is -0.971. The molecule has 1 aliphatic rings. The summed E-state index contributed by atoms with van der Waals surface area (Å²) in [5, 5.41) is 11.7. The summed E-state index contributed by atoms with van der Waals surface area (Å²) in [6.45, 7) is 2.22. The molecule has 0 radical (unpaired) electrons. The van der Waals surface area contributed by atoms with Crippen LogP contribution in [-0.4, -0.2) is 35.1 Å². The molecule has 0 spiro atoms. The van der Waals surface area contributed by atoms with E-state index in [-0.39, 0.29) is 17.6 Å². The van der Waals surface area contributed by atoms with E-state index in [0.29, 0.717) is 11.6 Å². The molecule has 0 heterocycles. The minimum absolute atomic E-state index is 0.142. The fourth-order valence-corrected chi connectivity index (χ4v) is 2.83. The first-order chi connectivity index (χ1) is 9.97. The van der Waals surface area contributed by atoms with Gasteiger partial charge in [0.25, 0.3) is 0 Å². The molecule has 5 heteroatoms. The molecule has 0 saturated heterocycles. The molecule has 0 bridgehead atoms. The van der Waals surface area contributed by atoms with Gasteiger partial charge in [-0.2, -0.15) is 0 Å². The maximum atomic E-state index is 12.2. The monoisotopic (exact) mass is 290 g/mol. The van der Waals surface area contributed by atoms with Crippen LogP contribution in [0.4, 0.5) is 10.5 Å². The Bertz CT molecular complexity index is 513. The Morgan fingerprint density at radius 2 is 1.90 bits per heavy atom. The van der Waals surface area contributed by atoms with Crippen LogP contribution in [0.5, 0.6) is 0 Å². The van der Waals surface area contributed by atoms with Gasteiger partial charge in [0.15, 0.2) is 0 Å². The fourth-order valence-electron chi connectivity index (χ4n) is 2.83. The molecular formula is C16H22N2O3. The summed E-state index contributed by atoms with van der Waals surface area (Å²) in [6, 6.07) is 6.34. The number of nitrogens with one attached hydrogen (secondary N) is 1. The smallest absolute Gasteiger partial charge is 0.335 e. The molecule has 0 aromatic heterocycles. The Hall–Kier alpha value is -2.04. The molecule has 1 aliphatic carbocycles. The molecule has 0 aliphatic heterocycles.